The van der Waals surface area contributed by atoms with Gasteiger partial charge in [-0.15, -0.1) is 5.10 Å². The standard InChI is InChI=1S/C22H19ClN4O2S/c1-13-18(11-20(21(28)29)30-22-24-14(2)25-26-22)17-5-3-4-6-19(17)27(13)12-15-7-9-16(23)10-8-15/h3-11H,12H2,1-2H3,(H,28,29)(H,24,25,26)/b20-11-. The van der Waals surface area contributed by atoms with Gasteiger partial charge in [0.15, 0.2) is 0 Å². The number of H-pyrrole nitrogens is 1. The van der Waals surface area contributed by atoms with Crippen molar-refractivity contribution in [3.05, 3.63) is 81.1 Å². The Morgan fingerprint density at radius 1 is 1.20 bits per heavy atom. The zero-order chi connectivity index (χ0) is 21.3. The molecule has 2 aromatic heterocycles. The lowest BCUT2D eigenvalue weighted by molar-refractivity contribution is -0.131. The highest BCUT2D eigenvalue weighted by Gasteiger charge is 2.18. The minimum Gasteiger partial charge on any atom is -0.477 e. The van der Waals surface area contributed by atoms with Gasteiger partial charge in [-0.25, -0.2) is 9.78 Å². The van der Waals surface area contributed by atoms with Crippen molar-refractivity contribution in [2.45, 2.75) is 25.5 Å². The third-order valence-corrected chi connectivity index (χ3v) is 5.93. The van der Waals surface area contributed by atoms with Gasteiger partial charge in [0.05, 0.1) is 0 Å². The van der Waals surface area contributed by atoms with Crippen LogP contribution in [0.1, 0.15) is 22.6 Å². The average Bonchev–Trinajstić information content (AvgIpc) is 3.25. The summed E-state index contributed by atoms with van der Waals surface area (Å²) in [5.74, 6) is -0.380. The molecule has 0 spiro atoms. The van der Waals surface area contributed by atoms with Gasteiger partial charge in [-0.1, -0.05) is 41.9 Å². The van der Waals surface area contributed by atoms with Crippen molar-refractivity contribution in [2.75, 3.05) is 0 Å². The molecule has 4 rings (SSSR count). The number of thioether (sulfide) groups is 1. The number of hydrogen-bond acceptors (Lipinski definition) is 4. The maximum Gasteiger partial charge on any atom is 0.342 e. The van der Waals surface area contributed by atoms with E-state index in [0.29, 0.717) is 22.5 Å². The lowest BCUT2D eigenvalue weighted by Gasteiger charge is -2.09. The summed E-state index contributed by atoms with van der Waals surface area (Å²) in [6.07, 6.45) is 1.70. The predicted molar refractivity (Wildman–Crippen MR) is 120 cm³/mol. The molecule has 0 fully saturated rings. The molecule has 2 heterocycles. The maximum absolute atomic E-state index is 11.9. The normalized spacial score (nSPS) is 11.9. The molecule has 0 unspecified atom stereocenters. The highest BCUT2D eigenvalue weighted by atomic mass is 35.5. The summed E-state index contributed by atoms with van der Waals surface area (Å²) in [5.41, 5.74) is 4.01. The molecule has 6 nitrogen and oxygen atoms in total. The lowest BCUT2D eigenvalue weighted by atomic mass is 10.1. The van der Waals surface area contributed by atoms with Gasteiger partial charge in [-0.05, 0) is 55.4 Å². The van der Waals surface area contributed by atoms with E-state index in [1.165, 1.54) is 0 Å². The number of aromatic nitrogens is 4. The number of nitrogens with zero attached hydrogens (tertiary/aromatic N) is 3. The number of carboxylic acid groups (broad SMARTS) is 1. The van der Waals surface area contributed by atoms with E-state index in [1.54, 1.807) is 13.0 Å². The van der Waals surface area contributed by atoms with Gasteiger partial charge in [0.1, 0.15) is 10.7 Å². The molecular formula is C22H19ClN4O2S. The number of para-hydroxylation sites is 1. The molecule has 0 aliphatic rings. The van der Waals surface area contributed by atoms with Crippen molar-refractivity contribution in [1.82, 2.24) is 19.7 Å². The number of carboxylic acids is 1. The van der Waals surface area contributed by atoms with E-state index in [2.05, 4.69) is 19.7 Å². The number of rotatable bonds is 6. The number of aliphatic carboxylic acids is 1. The Morgan fingerprint density at radius 3 is 2.60 bits per heavy atom. The predicted octanol–water partition coefficient (Wildman–Crippen LogP) is 5.30. The fraction of sp³-hybridized carbons (Fsp3) is 0.136. The number of fused-ring (bicyclic) bond motifs is 1. The van der Waals surface area contributed by atoms with Crippen molar-refractivity contribution in [3.8, 4) is 0 Å². The van der Waals surface area contributed by atoms with Crippen LogP contribution in [0.4, 0.5) is 0 Å². The van der Waals surface area contributed by atoms with Crippen LogP contribution >= 0.6 is 23.4 Å². The topological polar surface area (TPSA) is 83.8 Å². The average molecular weight is 439 g/mol. The van der Waals surface area contributed by atoms with Crippen molar-refractivity contribution < 1.29 is 9.90 Å². The summed E-state index contributed by atoms with van der Waals surface area (Å²) in [6, 6.07) is 15.7. The number of aromatic amines is 1. The van der Waals surface area contributed by atoms with Crippen LogP contribution in [0.2, 0.25) is 5.02 Å². The second-order valence-electron chi connectivity index (χ2n) is 6.85. The number of carbonyl (C=O) groups is 1. The van der Waals surface area contributed by atoms with Crippen LogP contribution in [-0.4, -0.2) is 30.8 Å². The molecule has 2 aromatic carbocycles. The molecule has 30 heavy (non-hydrogen) atoms. The number of halogens is 1. The minimum atomic E-state index is -1.02. The molecule has 0 aliphatic carbocycles. The van der Waals surface area contributed by atoms with Crippen LogP contribution in [0, 0.1) is 13.8 Å². The summed E-state index contributed by atoms with van der Waals surface area (Å²) in [6.45, 7) is 4.44. The molecular weight excluding hydrogens is 420 g/mol. The highest BCUT2D eigenvalue weighted by Crippen LogP contribution is 2.32. The molecule has 152 valence electrons. The number of aryl methyl sites for hydroxylation is 1. The van der Waals surface area contributed by atoms with Gasteiger partial charge in [0, 0.05) is 33.7 Å². The zero-order valence-electron chi connectivity index (χ0n) is 16.4. The Kier molecular flexibility index (Phi) is 5.65. The first-order chi connectivity index (χ1) is 14.4. The minimum absolute atomic E-state index is 0.159. The van der Waals surface area contributed by atoms with Crippen molar-refractivity contribution in [1.29, 1.82) is 0 Å². The van der Waals surface area contributed by atoms with Gasteiger partial charge in [-0.3, -0.25) is 5.10 Å². The van der Waals surface area contributed by atoms with Crippen LogP contribution in [0.5, 0.6) is 0 Å². The molecule has 8 heteroatoms. The summed E-state index contributed by atoms with van der Waals surface area (Å²) in [5, 5.41) is 18.6. The molecule has 0 saturated heterocycles. The van der Waals surface area contributed by atoms with E-state index in [1.807, 2.05) is 55.5 Å². The molecule has 0 saturated carbocycles. The number of benzene rings is 2. The van der Waals surface area contributed by atoms with Crippen LogP contribution in [0.25, 0.3) is 17.0 Å². The van der Waals surface area contributed by atoms with E-state index in [-0.39, 0.29) is 4.91 Å². The maximum atomic E-state index is 11.9. The Bertz CT molecular complexity index is 1260. The van der Waals surface area contributed by atoms with E-state index >= 15 is 0 Å². The monoisotopic (exact) mass is 438 g/mol. The van der Waals surface area contributed by atoms with E-state index < -0.39 is 5.97 Å². The quantitative estimate of drug-likeness (QED) is 0.315. The van der Waals surface area contributed by atoms with E-state index in [9.17, 15) is 9.90 Å². The molecule has 0 amide bonds. The summed E-state index contributed by atoms with van der Waals surface area (Å²) >= 11 is 7.04. The highest BCUT2D eigenvalue weighted by molar-refractivity contribution is 8.04. The smallest absolute Gasteiger partial charge is 0.342 e. The fourth-order valence-electron chi connectivity index (χ4n) is 3.35. The van der Waals surface area contributed by atoms with Crippen LogP contribution < -0.4 is 0 Å². The first kappa shape index (κ1) is 20.3. The molecule has 0 aliphatic heterocycles. The Labute approximate surface area is 182 Å². The largest absolute Gasteiger partial charge is 0.477 e. The second-order valence-corrected chi connectivity index (χ2v) is 8.29. The summed E-state index contributed by atoms with van der Waals surface area (Å²) < 4.78 is 2.19. The molecule has 0 bridgehead atoms. The van der Waals surface area contributed by atoms with Gasteiger partial charge < -0.3 is 9.67 Å². The molecule has 2 N–H and O–H groups in total. The van der Waals surface area contributed by atoms with Crippen molar-refractivity contribution >= 4 is 46.3 Å². The Morgan fingerprint density at radius 2 is 1.93 bits per heavy atom. The Balaban J connectivity index is 1.79. The van der Waals surface area contributed by atoms with Crippen LogP contribution in [0.15, 0.2) is 58.6 Å². The van der Waals surface area contributed by atoms with Crippen molar-refractivity contribution in [2.24, 2.45) is 0 Å². The third kappa shape index (κ3) is 4.13. The van der Waals surface area contributed by atoms with Crippen LogP contribution in [0.3, 0.4) is 0 Å². The van der Waals surface area contributed by atoms with Gasteiger partial charge in [0.2, 0.25) is 5.16 Å². The van der Waals surface area contributed by atoms with Crippen LogP contribution in [-0.2, 0) is 11.3 Å². The second kappa shape index (κ2) is 8.38. The molecule has 0 atom stereocenters. The lowest BCUT2D eigenvalue weighted by Crippen LogP contribution is -2.02. The first-order valence-electron chi connectivity index (χ1n) is 9.26. The summed E-state index contributed by atoms with van der Waals surface area (Å²) in [7, 11) is 0. The first-order valence-corrected chi connectivity index (χ1v) is 10.5. The molecule has 4 aromatic rings. The Hall–Kier alpha value is -3.03. The number of hydrogen-bond donors (Lipinski definition) is 2. The van der Waals surface area contributed by atoms with E-state index in [4.69, 9.17) is 11.6 Å². The summed E-state index contributed by atoms with van der Waals surface area (Å²) in [4.78, 5) is 16.3. The fourth-order valence-corrected chi connectivity index (χ4v) is 4.21. The van der Waals surface area contributed by atoms with Gasteiger partial charge >= 0.3 is 5.97 Å². The van der Waals surface area contributed by atoms with E-state index in [0.717, 1.165) is 39.5 Å². The third-order valence-electron chi connectivity index (χ3n) is 4.80. The number of nitrogens with one attached hydrogen (secondary N) is 1. The van der Waals surface area contributed by atoms with Gasteiger partial charge in [-0.2, -0.15) is 0 Å². The van der Waals surface area contributed by atoms with Gasteiger partial charge in [0.25, 0.3) is 0 Å². The van der Waals surface area contributed by atoms with Crippen molar-refractivity contribution in [3.63, 3.8) is 0 Å². The molecule has 0 radical (unpaired) electrons. The zero-order valence-corrected chi connectivity index (χ0v) is 18.0. The SMILES string of the molecule is Cc1nc(S/C(=C\c2c(C)n(Cc3ccc(Cl)cc3)c3ccccc23)C(=O)O)n[nH]1.